The molecule has 4 heteroatoms. The Balaban J connectivity index is 2.16. The largest absolute Gasteiger partial charge is 0.324 e. The molecule has 1 saturated heterocycles. The van der Waals surface area contributed by atoms with Crippen molar-refractivity contribution in [3.63, 3.8) is 0 Å². The summed E-state index contributed by atoms with van der Waals surface area (Å²) in [6.45, 7) is 5.76. The monoisotopic (exact) mass is 266 g/mol. The van der Waals surface area contributed by atoms with Crippen LogP contribution in [-0.2, 0) is 4.79 Å². The topological polar surface area (TPSA) is 41.1 Å². The van der Waals surface area contributed by atoms with Crippen LogP contribution in [0.25, 0.3) is 0 Å². The molecule has 2 rings (SSSR count). The van der Waals surface area contributed by atoms with Crippen LogP contribution in [0.1, 0.15) is 25.3 Å². The van der Waals surface area contributed by atoms with Gasteiger partial charge >= 0.3 is 0 Å². The van der Waals surface area contributed by atoms with Crippen molar-refractivity contribution in [1.82, 2.24) is 5.32 Å². The zero-order chi connectivity index (χ0) is 13.2. The Labute approximate surface area is 113 Å². The molecule has 1 heterocycles. The Morgan fingerprint density at radius 2 is 2.06 bits per heavy atom. The summed E-state index contributed by atoms with van der Waals surface area (Å²) in [6, 6.07) is 5.64. The molecular formula is C14H19ClN2O. The molecule has 0 saturated carbocycles. The molecule has 1 fully saturated rings. The number of amides is 1. The van der Waals surface area contributed by atoms with Crippen LogP contribution >= 0.6 is 11.6 Å². The van der Waals surface area contributed by atoms with E-state index in [0.717, 1.165) is 37.2 Å². The molecule has 1 amide bonds. The van der Waals surface area contributed by atoms with Crippen LogP contribution in [0.5, 0.6) is 0 Å². The van der Waals surface area contributed by atoms with E-state index in [1.165, 1.54) is 0 Å². The Kier molecular flexibility index (Phi) is 3.93. The van der Waals surface area contributed by atoms with Crippen LogP contribution in [0.3, 0.4) is 0 Å². The minimum atomic E-state index is -0.295. The van der Waals surface area contributed by atoms with Crippen molar-refractivity contribution in [3.05, 3.63) is 28.8 Å². The molecule has 3 nitrogen and oxygen atoms in total. The summed E-state index contributed by atoms with van der Waals surface area (Å²) in [5.41, 5.74) is 1.44. The highest BCUT2D eigenvalue weighted by Crippen LogP contribution is 2.32. The van der Waals surface area contributed by atoms with E-state index in [1.54, 1.807) is 6.07 Å². The highest BCUT2D eigenvalue weighted by atomic mass is 35.5. The van der Waals surface area contributed by atoms with Crippen molar-refractivity contribution in [2.45, 2.75) is 26.7 Å². The van der Waals surface area contributed by atoms with Crippen LogP contribution in [0.4, 0.5) is 5.69 Å². The third kappa shape index (κ3) is 2.68. The van der Waals surface area contributed by atoms with E-state index in [0.29, 0.717) is 5.02 Å². The van der Waals surface area contributed by atoms with E-state index >= 15 is 0 Å². The van der Waals surface area contributed by atoms with E-state index in [4.69, 9.17) is 11.6 Å². The van der Waals surface area contributed by atoms with E-state index in [-0.39, 0.29) is 11.3 Å². The van der Waals surface area contributed by atoms with Crippen molar-refractivity contribution >= 4 is 23.2 Å². The van der Waals surface area contributed by atoms with Gasteiger partial charge in [-0.05, 0) is 44.5 Å². The summed E-state index contributed by atoms with van der Waals surface area (Å²) in [5, 5.41) is 6.86. The number of carbonyl (C=O) groups is 1. The number of aryl methyl sites for hydroxylation is 1. The molecule has 0 atom stereocenters. The quantitative estimate of drug-likeness (QED) is 0.864. The van der Waals surface area contributed by atoms with Crippen LogP contribution < -0.4 is 10.6 Å². The van der Waals surface area contributed by atoms with Gasteiger partial charge in [0.25, 0.3) is 0 Å². The minimum Gasteiger partial charge on any atom is -0.324 e. The second-order valence-electron chi connectivity index (χ2n) is 5.20. The average Bonchev–Trinajstić information content (AvgIpc) is 2.34. The zero-order valence-electron chi connectivity index (χ0n) is 10.8. The summed E-state index contributed by atoms with van der Waals surface area (Å²) in [6.07, 6.45) is 1.73. The minimum absolute atomic E-state index is 0.0696. The molecule has 0 aliphatic carbocycles. The second kappa shape index (κ2) is 5.29. The fraction of sp³-hybridized carbons (Fsp3) is 0.500. The van der Waals surface area contributed by atoms with Gasteiger partial charge in [0.2, 0.25) is 5.91 Å². The van der Waals surface area contributed by atoms with Gasteiger partial charge in [0.15, 0.2) is 0 Å². The molecular weight excluding hydrogens is 248 g/mol. The van der Waals surface area contributed by atoms with Gasteiger partial charge in [0, 0.05) is 5.41 Å². The van der Waals surface area contributed by atoms with Crippen LogP contribution in [0.15, 0.2) is 18.2 Å². The highest BCUT2D eigenvalue weighted by molar-refractivity contribution is 6.34. The van der Waals surface area contributed by atoms with Gasteiger partial charge in [-0.15, -0.1) is 0 Å². The third-order valence-electron chi connectivity index (χ3n) is 3.72. The van der Waals surface area contributed by atoms with Crippen LogP contribution in [-0.4, -0.2) is 19.0 Å². The average molecular weight is 267 g/mol. The van der Waals surface area contributed by atoms with Gasteiger partial charge in [0.1, 0.15) is 0 Å². The van der Waals surface area contributed by atoms with Crippen molar-refractivity contribution in [1.29, 1.82) is 0 Å². The summed E-state index contributed by atoms with van der Waals surface area (Å²) < 4.78 is 0. The summed E-state index contributed by atoms with van der Waals surface area (Å²) in [5.74, 6) is 0.0696. The molecule has 0 bridgehead atoms. The number of carbonyl (C=O) groups excluding carboxylic acids is 1. The van der Waals surface area contributed by atoms with Crippen LogP contribution in [0.2, 0.25) is 5.02 Å². The highest BCUT2D eigenvalue weighted by Gasteiger charge is 2.34. The maximum Gasteiger partial charge on any atom is 0.230 e. The van der Waals surface area contributed by atoms with Gasteiger partial charge in [-0.2, -0.15) is 0 Å². The first-order valence-corrected chi connectivity index (χ1v) is 6.68. The predicted octanol–water partition coefficient (Wildman–Crippen LogP) is 2.98. The number of anilines is 1. The molecule has 2 N–H and O–H groups in total. The second-order valence-corrected chi connectivity index (χ2v) is 5.60. The molecule has 1 aromatic rings. The molecule has 0 spiro atoms. The molecule has 1 aliphatic heterocycles. The lowest BCUT2D eigenvalue weighted by Gasteiger charge is -2.32. The molecule has 18 heavy (non-hydrogen) atoms. The lowest BCUT2D eigenvalue weighted by molar-refractivity contribution is -0.126. The van der Waals surface area contributed by atoms with Crippen molar-refractivity contribution in [3.8, 4) is 0 Å². The first-order chi connectivity index (χ1) is 8.53. The number of para-hydroxylation sites is 1. The summed E-state index contributed by atoms with van der Waals surface area (Å²) >= 11 is 6.13. The lowest BCUT2D eigenvalue weighted by Crippen LogP contribution is -2.43. The Morgan fingerprint density at radius 3 is 2.67 bits per heavy atom. The lowest BCUT2D eigenvalue weighted by atomic mass is 9.80. The molecule has 0 radical (unpaired) electrons. The fourth-order valence-electron chi connectivity index (χ4n) is 2.26. The number of nitrogens with one attached hydrogen (secondary N) is 2. The summed E-state index contributed by atoms with van der Waals surface area (Å²) in [4.78, 5) is 12.4. The Morgan fingerprint density at radius 1 is 1.39 bits per heavy atom. The van der Waals surface area contributed by atoms with E-state index in [9.17, 15) is 4.79 Å². The smallest absolute Gasteiger partial charge is 0.230 e. The molecule has 1 aliphatic rings. The fourth-order valence-corrected chi connectivity index (χ4v) is 2.53. The van der Waals surface area contributed by atoms with Crippen molar-refractivity contribution < 1.29 is 4.79 Å². The normalized spacial score (nSPS) is 18.4. The van der Waals surface area contributed by atoms with Gasteiger partial charge in [-0.3, -0.25) is 4.79 Å². The third-order valence-corrected chi connectivity index (χ3v) is 4.03. The Hall–Kier alpha value is -1.06. The van der Waals surface area contributed by atoms with E-state index < -0.39 is 0 Å². The van der Waals surface area contributed by atoms with Gasteiger partial charge < -0.3 is 10.6 Å². The van der Waals surface area contributed by atoms with Crippen molar-refractivity contribution in [2.24, 2.45) is 5.41 Å². The summed E-state index contributed by atoms with van der Waals surface area (Å²) in [7, 11) is 0. The SMILES string of the molecule is Cc1cccc(Cl)c1NC(=O)C1(C)CCNCC1. The molecule has 0 unspecified atom stereocenters. The molecule has 98 valence electrons. The van der Waals surface area contributed by atoms with Gasteiger partial charge in [-0.1, -0.05) is 30.7 Å². The molecule has 0 aromatic heterocycles. The van der Waals surface area contributed by atoms with Crippen LogP contribution in [0, 0.1) is 12.3 Å². The molecule has 1 aromatic carbocycles. The van der Waals surface area contributed by atoms with Gasteiger partial charge in [-0.25, -0.2) is 0 Å². The maximum atomic E-state index is 12.4. The number of piperidine rings is 1. The van der Waals surface area contributed by atoms with Gasteiger partial charge in [0.05, 0.1) is 10.7 Å². The first kappa shape index (κ1) is 13.4. The maximum absolute atomic E-state index is 12.4. The number of hydrogen-bond donors (Lipinski definition) is 2. The number of benzene rings is 1. The van der Waals surface area contributed by atoms with E-state index in [1.807, 2.05) is 26.0 Å². The Bertz CT molecular complexity index is 433. The zero-order valence-corrected chi connectivity index (χ0v) is 11.6. The standard InChI is InChI=1S/C14H19ClN2O/c1-10-4-3-5-11(15)12(10)17-13(18)14(2)6-8-16-9-7-14/h3-5,16H,6-9H2,1-2H3,(H,17,18). The van der Waals surface area contributed by atoms with E-state index in [2.05, 4.69) is 10.6 Å². The van der Waals surface area contributed by atoms with Crippen molar-refractivity contribution in [2.75, 3.05) is 18.4 Å². The first-order valence-electron chi connectivity index (χ1n) is 6.30. The number of hydrogen-bond acceptors (Lipinski definition) is 2. The predicted molar refractivity (Wildman–Crippen MR) is 75.0 cm³/mol. The number of halogens is 1. The number of rotatable bonds is 2.